The fourth-order valence-corrected chi connectivity index (χ4v) is 8.80. The standard InChI is InChI=1S/C35H69N.C25H55N3/c1-3-5-7-9-11-13-15-17-19-21-23-25-27-29-31-33-35-36-34-32-30-28-26-24-22-20-18-16-14-12-10-8-6-4-2;1-5-7-8-9-12-15-18-25(3)19-16-13-10-11-14-17-23-28(4)24-22-27-21-20-26-6-2/h16-19,36H,3-15,20-35H2,1-2H3;25-27H,5-24H2,1-4H3/b18-16-,19-17-;. The molecule has 0 fully saturated rings. The minimum Gasteiger partial charge on any atom is -0.317 e. The van der Waals surface area contributed by atoms with E-state index in [0.717, 1.165) is 32.1 Å². The molecular formula is C60H124N4. The van der Waals surface area contributed by atoms with Crippen molar-refractivity contribution in [1.29, 1.82) is 0 Å². The van der Waals surface area contributed by atoms with E-state index >= 15 is 0 Å². The van der Waals surface area contributed by atoms with Crippen molar-refractivity contribution in [3.63, 3.8) is 0 Å². The first-order chi connectivity index (χ1) is 31.6. The Balaban J connectivity index is 0. The fourth-order valence-electron chi connectivity index (χ4n) is 8.80. The van der Waals surface area contributed by atoms with Crippen LogP contribution in [0.15, 0.2) is 24.3 Å². The first-order valence-corrected chi connectivity index (χ1v) is 29.7. The van der Waals surface area contributed by atoms with Gasteiger partial charge in [0.15, 0.2) is 0 Å². The summed E-state index contributed by atoms with van der Waals surface area (Å²) in [6, 6.07) is 0. The second-order valence-electron chi connectivity index (χ2n) is 20.3. The fraction of sp³-hybridized carbons (Fsp3) is 0.933. The molecule has 0 aliphatic heterocycles. The molecule has 0 aliphatic carbocycles. The molecule has 3 N–H and O–H groups in total. The topological polar surface area (TPSA) is 39.3 Å². The molecule has 0 saturated heterocycles. The Labute approximate surface area is 406 Å². The maximum Gasteiger partial charge on any atom is 0.0104 e. The largest absolute Gasteiger partial charge is 0.317 e. The van der Waals surface area contributed by atoms with Gasteiger partial charge in [-0.05, 0) is 110 Å². The van der Waals surface area contributed by atoms with Crippen molar-refractivity contribution in [2.75, 3.05) is 59.4 Å². The minimum atomic E-state index is 0.950. The lowest BCUT2D eigenvalue weighted by Gasteiger charge is -2.17. The summed E-state index contributed by atoms with van der Waals surface area (Å²) in [5.74, 6) is 0.950. The highest BCUT2D eigenvalue weighted by Crippen LogP contribution is 2.19. The van der Waals surface area contributed by atoms with Crippen LogP contribution in [0.1, 0.15) is 298 Å². The molecule has 0 aromatic rings. The average Bonchev–Trinajstić information content (AvgIpc) is 3.30. The number of unbranched alkanes of at least 4 members (excludes halogenated alkanes) is 33. The second-order valence-corrected chi connectivity index (χ2v) is 20.3. The molecule has 0 spiro atoms. The van der Waals surface area contributed by atoms with Crippen LogP contribution in [0.25, 0.3) is 0 Å². The van der Waals surface area contributed by atoms with Gasteiger partial charge >= 0.3 is 0 Å². The third-order valence-corrected chi connectivity index (χ3v) is 13.4. The Morgan fingerprint density at radius 2 is 0.625 bits per heavy atom. The lowest BCUT2D eigenvalue weighted by Crippen LogP contribution is -2.33. The number of rotatable bonds is 54. The summed E-state index contributed by atoms with van der Waals surface area (Å²) in [4.78, 5) is 2.48. The lowest BCUT2D eigenvalue weighted by atomic mass is 9.96. The van der Waals surface area contributed by atoms with Crippen LogP contribution in [-0.4, -0.2) is 64.3 Å². The van der Waals surface area contributed by atoms with Gasteiger partial charge in [-0.15, -0.1) is 0 Å². The van der Waals surface area contributed by atoms with Crippen molar-refractivity contribution in [1.82, 2.24) is 20.9 Å². The third kappa shape index (κ3) is 63.4. The summed E-state index contributed by atoms with van der Waals surface area (Å²) in [6.07, 6.45) is 67.4. The number of allylic oxidation sites excluding steroid dienone is 4. The first kappa shape index (κ1) is 65.4. The van der Waals surface area contributed by atoms with Gasteiger partial charge in [-0.2, -0.15) is 0 Å². The molecule has 0 amide bonds. The van der Waals surface area contributed by atoms with Gasteiger partial charge in [0, 0.05) is 26.2 Å². The first-order valence-electron chi connectivity index (χ1n) is 29.7. The predicted octanol–water partition coefficient (Wildman–Crippen LogP) is 18.5. The molecule has 64 heavy (non-hydrogen) atoms. The molecule has 0 aromatic carbocycles. The van der Waals surface area contributed by atoms with Gasteiger partial charge in [0.2, 0.25) is 0 Å². The number of likely N-dealkylation sites (N-methyl/N-ethyl adjacent to an activating group) is 2. The summed E-state index contributed by atoms with van der Waals surface area (Å²) in [7, 11) is 2.26. The Bertz CT molecular complexity index is 813. The molecule has 0 bridgehead atoms. The van der Waals surface area contributed by atoms with E-state index in [1.807, 2.05) is 0 Å². The highest BCUT2D eigenvalue weighted by Gasteiger charge is 2.03. The van der Waals surface area contributed by atoms with E-state index in [1.54, 1.807) is 0 Å². The molecule has 0 rings (SSSR count). The summed E-state index contributed by atoms with van der Waals surface area (Å²) in [6.45, 7) is 20.7. The van der Waals surface area contributed by atoms with E-state index in [2.05, 4.69) is 86.8 Å². The van der Waals surface area contributed by atoms with Crippen molar-refractivity contribution in [2.45, 2.75) is 298 Å². The van der Waals surface area contributed by atoms with Gasteiger partial charge in [-0.3, -0.25) is 0 Å². The third-order valence-electron chi connectivity index (χ3n) is 13.4. The molecule has 0 radical (unpaired) electrons. The number of hydrogen-bond acceptors (Lipinski definition) is 4. The van der Waals surface area contributed by atoms with Crippen LogP contribution in [0.2, 0.25) is 0 Å². The summed E-state index contributed by atoms with van der Waals surface area (Å²) in [5.41, 5.74) is 0. The van der Waals surface area contributed by atoms with Crippen LogP contribution in [0.3, 0.4) is 0 Å². The van der Waals surface area contributed by atoms with Crippen molar-refractivity contribution >= 4 is 0 Å². The smallest absolute Gasteiger partial charge is 0.0104 e. The molecule has 0 aliphatic rings. The quantitative estimate of drug-likeness (QED) is 0.0420. The van der Waals surface area contributed by atoms with E-state index < -0.39 is 0 Å². The van der Waals surface area contributed by atoms with Crippen LogP contribution in [0.5, 0.6) is 0 Å². The SMILES string of the molecule is CCCCCCC/C=C\CCCCCCCCNCCCCCCCC/C=C\CCCCCCCC.CCCCCCCCC(C)CCCCCCCCN(C)CCNCCNCC. The maximum atomic E-state index is 3.66. The molecule has 0 saturated carbocycles. The maximum absolute atomic E-state index is 3.66. The zero-order valence-corrected chi connectivity index (χ0v) is 45.5. The van der Waals surface area contributed by atoms with Crippen LogP contribution in [-0.2, 0) is 0 Å². The Morgan fingerprint density at radius 3 is 1.02 bits per heavy atom. The minimum absolute atomic E-state index is 0.950. The Hall–Kier alpha value is -0.680. The van der Waals surface area contributed by atoms with E-state index in [0.29, 0.717) is 0 Å². The van der Waals surface area contributed by atoms with E-state index in [4.69, 9.17) is 0 Å². The van der Waals surface area contributed by atoms with Gasteiger partial charge in [0.1, 0.15) is 0 Å². The van der Waals surface area contributed by atoms with Gasteiger partial charge in [-0.1, -0.05) is 252 Å². The van der Waals surface area contributed by atoms with Crippen molar-refractivity contribution in [3.05, 3.63) is 24.3 Å². The van der Waals surface area contributed by atoms with Gasteiger partial charge in [0.05, 0.1) is 0 Å². The lowest BCUT2D eigenvalue weighted by molar-refractivity contribution is 0.321. The number of nitrogens with one attached hydrogen (secondary N) is 3. The van der Waals surface area contributed by atoms with Gasteiger partial charge in [0.25, 0.3) is 0 Å². The van der Waals surface area contributed by atoms with Crippen molar-refractivity contribution in [2.24, 2.45) is 5.92 Å². The summed E-state index contributed by atoms with van der Waals surface area (Å²) < 4.78 is 0. The van der Waals surface area contributed by atoms with Crippen LogP contribution in [0.4, 0.5) is 0 Å². The predicted molar refractivity (Wildman–Crippen MR) is 296 cm³/mol. The van der Waals surface area contributed by atoms with Crippen LogP contribution < -0.4 is 16.0 Å². The molecular weight excluding hydrogens is 777 g/mol. The van der Waals surface area contributed by atoms with Crippen LogP contribution in [0, 0.1) is 5.92 Å². The van der Waals surface area contributed by atoms with E-state index in [1.165, 1.54) is 289 Å². The molecule has 1 atom stereocenters. The normalized spacial score (nSPS) is 12.3. The van der Waals surface area contributed by atoms with Gasteiger partial charge < -0.3 is 20.9 Å². The summed E-state index contributed by atoms with van der Waals surface area (Å²) in [5, 5.41) is 10.5. The summed E-state index contributed by atoms with van der Waals surface area (Å²) >= 11 is 0. The molecule has 0 aromatic heterocycles. The molecule has 4 nitrogen and oxygen atoms in total. The van der Waals surface area contributed by atoms with Gasteiger partial charge in [-0.25, -0.2) is 0 Å². The van der Waals surface area contributed by atoms with Crippen LogP contribution >= 0.6 is 0 Å². The molecule has 384 valence electrons. The molecule has 0 heterocycles. The Kier molecular flexibility index (Phi) is 63.7. The second kappa shape index (κ2) is 62.3. The van der Waals surface area contributed by atoms with E-state index in [9.17, 15) is 0 Å². The van der Waals surface area contributed by atoms with Crippen molar-refractivity contribution < 1.29 is 0 Å². The highest BCUT2D eigenvalue weighted by atomic mass is 15.1. The molecule has 1 unspecified atom stereocenters. The Morgan fingerprint density at radius 1 is 0.312 bits per heavy atom. The average molecular weight is 902 g/mol. The number of hydrogen-bond donors (Lipinski definition) is 3. The zero-order chi connectivity index (χ0) is 46.8. The monoisotopic (exact) mass is 901 g/mol. The zero-order valence-electron chi connectivity index (χ0n) is 45.5. The van der Waals surface area contributed by atoms with Crippen molar-refractivity contribution in [3.8, 4) is 0 Å². The molecule has 4 heteroatoms. The highest BCUT2D eigenvalue weighted by molar-refractivity contribution is 4.82. The number of nitrogens with zero attached hydrogens (tertiary/aromatic N) is 1. The van der Waals surface area contributed by atoms with E-state index in [-0.39, 0.29) is 0 Å².